The maximum atomic E-state index is 12.8. The number of benzene rings is 1. The van der Waals surface area contributed by atoms with Crippen LogP contribution in [0.1, 0.15) is 74.8 Å². The van der Waals surface area contributed by atoms with Gasteiger partial charge in [-0.3, -0.25) is 9.59 Å². The smallest absolute Gasteiger partial charge is 0.337 e. The molecule has 0 radical (unpaired) electrons. The average molecular weight is 445 g/mol. The summed E-state index contributed by atoms with van der Waals surface area (Å²) in [6.07, 6.45) is 5.29. The van der Waals surface area contributed by atoms with E-state index in [-0.39, 0.29) is 11.4 Å². The van der Waals surface area contributed by atoms with Gasteiger partial charge >= 0.3 is 5.97 Å². The topological polar surface area (TPSA) is 87.2 Å². The van der Waals surface area contributed by atoms with Gasteiger partial charge in [0.15, 0.2) is 11.5 Å². The molecule has 0 bridgehead atoms. The lowest BCUT2D eigenvalue weighted by Gasteiger charge is -2.28. The molecule has 0 aromatic heterocycles. The Hall–Kier alpha value is -2.67. The molecule has 1 amide bonds. The highest BCUT2D eigenvalue weighted by Crippen LogP contribution is 2.37. The van der Waals surface area contributed by atoms with Crippen molar-refractivity contribution in [2.75, 3.05) is 33.3 Å². The molecule has 0 fully saturated rings. The van der Waals surface area contributed by atoms with Crippen LogP contribution in [-0.4, -0.2) is 65.9 Å². The number of methoxy groups -OCH3 is 1. The second-order valence-electron chi connectivity index (χ2n) is 8.24. The van der Waals surface area contributed by atoms with Gasteiger partial charge in [0.25, 0.3) is 5.91 Å². The zero-order valence-electron chi connectivity index (χ0n) is 19.7. The van der Waals surface area contributed by atoms with Gasteiger partial charge in [0.2, 0.25) is 0 Å². The molecular formula is C25H36N2O5. The number of ketones is 1. The van der Waals surface area contributed by atoms with E-state index in [2.05, 4.69) is 18.7 Å². The Morgan fingerprint density at radius 2 is 1.59 bits per heavy atom. The van der Waals surface area contributed by atoms with E-state index in [0.717, 1.165) is 51.7 Å². The number of aliphatic hydroxyl groups excluding tert-OH is 1. The van der Waals surface area contributed by atoms with Crippen molar-refractivity contribution >= 4 is 17.7 Å². The van der Waals surface area contributed by atoms with Crippen LogP contribution in [0.2, 0.25) is 0 Å². The summed E-state index contributed by atoms with van der Waals surface area (Å²) in [4.78, 5) is 40.9. The highest BCUT2D eigenvalue weighted by atomic mass is 16.5. The number of nitrogens with zero attached hydrogens (tertiary/aromatic N) is 2. The predicted molar refractivity (Wildman–Crippen MR) is 123 cm³/mol. The Labute approximate surface area is 191 Å². The lowest BCUT2D eigenvalue weighted by molar-refractivity contribution is -0.129. The molecule has 1 unspecified atom stereocenters. The van der Waals surface area contributed by atoms with Crippen LogP contribution in [0.4, 0.5) is 0 Å². The van der Waals surface area contributed by atoms with Gasteiger partial charge in [0.05, 0.1) is 24.3 Å². The molecule has 1 atom stereocenters. The minimum atomic E-state index is -0.661. The third-order valence-electron chi connectivity index (χ3n) is 5.86. The van der Waals surface area contributed by atoms with Crippen molar-refractivity contribution in [2.24, 2.45) is 0 Å². The molecule has 7 nitrogen and oxygen atoms in total. The zero-order valence-corrected chi connectivity index (χ0v) is 19.7. The second-order valence-corrected chi connectivity index (χ2v) is 8.24. The first-order chi connectivity index (χ1) is 15.3. The van der Waals surface area contributed by atoms with Crippen molar-refractivity contribution < 1.29 is 24.2 Å². The lowest BCUT2D eigenvalue weighted by atomic mass is 9.96. The minimum Gasteiger partial charge on any atom is -0.503 e. The van der Waals surface area contributed by atoms with E-state index in [4.69, 9.17) is 4.74 Å². The maximum Gasteiger partial charge on any atom is 0.337 e. The molecule has 2 rings (SSSR count). The predicted octanol–water partition coefficient (Wildman–Crippen LogP) is 4.05. The van der Waals surface area contributed by atoms with Crippen LogP contribution < -0.4 is 0 Å². The van der Waals surface area contributed by atoms with Gasteiger partial charge < -0.3 is 19.6 Å². The summed E-state index contributed by atoms with van der Waals surface area (Å²) in [6.45, 7) is 9.06. The van der Waals surface area contributed by atoms with E-state index >= 15 is 0 Å². The van der Waals surface area contributed by atoms with Gasteiger partial charge in [0, 0.05) is 6.54 Å². The molecule has 7 heteroatoms. The Bertz CT molecular complexity index is 823. The Morgan fingerprint density at radius 3 is 2.09 bits per heavy atom. The molecule has 32 heavy (non-hydrogen) atoms. The number of unbranched alkanes of at least 4 members (excludes halogenated alkanes) is 2. The van der Waals surface area contributed by atoms with Crippen molar-refractivity contribution in [3.8, 4) is 0 Å². The van der Waals surface area contributed by atoms with Gasteiger partial charge in [0.1, 0.15) is 0 Å². The number of aliphatic hydroxyl groups is 1. The van der Waals surface area contributed by atoms with Crippen LogP contribution in [-0.2, 0) is 14.3 Å². The molecule has 1 aromatic carbocycles. The molecule has 1 aliphatic heterocycles. The maximum absolute atomic E-state index is 12.8. The van der Waals surface area contributed by atoms with Crippen LogP contribution in [0, 0.1) is 0 Å². The van der Waals surface area contributed by atoms with Gasteiger partial charge in [-0.1, -0.05) is 38.8 Å². The van der Waals surface area contributed by atoms with Crippen LogP contribution in [0.5, 0.6) is 0 Å². The second kappa shape index (κ2) is 12.4. The van der Waals surface area contributed by atoms with Crippen molar-refractivity contribution in [1.82, 2.24) is 9.80 Å². The molecule has 176 valence electrons. The van der Waals surface area contributed by atoms with Crippen molar-refractivity contribution in [2.45, 2.75) is 58.9 Å². The quantitative estimate of drug-likeness (QED) is 0.462. The van der Waals surface area contributed by atoms with E-state index in [0.29, 0.717) is 17.7 Å². The number of ether oxygens (including phenoxy) is 1. The van der Waals surface area contributed by atoms with E-state index in [1.807, 2.05) is 0 Å². The molecule has 0 aliphatic carbocycles. The van der Waals surface area contributed by atoms with Crippen LogP contribution in [0.3, 0.4) is 0 Å². The summed E-state index contributed by atoms with van der Waals surface area (Å²) < 4.78 is 4.74. The summed E-state index contributed by atoms with van der Waals surface area (Å²) in [7, 11) is 1.31. The first-order valence-corrected chi connectivity index (χ1v) is 11.5. The largest absolute Gasteiger partial charge is 0.503 e. The summed E-state index contributed by atoms with van der Waals surface area (Å²) in [5.41, 5.74) is 1.16. The number of esters is 1. The summed E-state index contributed by atoms with van der Waals surface area (Å²) in [5.74, 6) is -1.80. The fraction of sp³-hybridized carbons (Fsp3) is 0.560. The fourth-order valence-corrected chi connectivity index (χ4v) is 4.07. The highest BCUT2D eigenvalue weighted by Gasteiger charge is 2.42. The van der Waals surface area contributed by atoms with E-state index in [1.165, 1.54) is 14.0 Å². The number of amides is 1. The first kappa shape index (κ1) is 25.6. The fourth-order valence-electron chi connectivity index (χ4n) is 4.07. The number of Topliss-reactive ketones (excluding diaryl/α,β-unsaturated/α-hetero) is 1. The van der Waals surface area contributed by atoms with Gasteiger partial charge in [-0.15, -0.1) is 0 Å². The zero-order chi connectivity index (χ0) is 23.7. The average Bonchev–Trinajstić information content (AvgIpc) is 3.05. The van der Waals surface area contributed by atoms with Crippen molar-refractivity contribution in [3.63, 3.8) is 0 Å². The van der Waals surface area contributed by atoms with Crippen molar-refractivity contribution in [1.29, 1.82) is 0 Å². The SMILES string of the molecule is CCCCN(CCCC)CCCN1C(=O)C(O)=C(C(C)=O)C1c1ccc(C(=O)OC)cc1. The Balaban J connectivity index is 2.19. The standard InChI is InChI=1S/C25H36N2O5/c1-5-7-14-26(15-8-6-2)16-9-17-27-22(21(18(3)28)23(29)24(27)30)19-10-12-20(13-11-19)25(31)32-4/h10-13,22,29H,5-9,14-17H2,1-4H3. The monoisotopic (exact) mass is 444 g/mol. The molecule has 1 heterocycles. The van der Waals surface area contributed by atoms with Gasteiger partial charge in [-0.25, -0.2) is 4.79 Å². The summed E-state index contributed by atoms with van der Waals surface area (Å²) in [6, 6.07) is 5.95. The van der Waals surface area contributed by atoms with Crippen LogP contribution >= 0.6 is 0 Å². The summed E-state index contributed by atoms with van der Waals surface area (Å²) >= 11 is 0. The Kier molecular flexibility index (Phi) is 9.91. The molecular weight excluding hydrogens is 408 g/mol. The van der Waals surface area contributed by atoms with Crippen LogP contribution in [0.25, 0.3) is 0 Å². The third-order valence-corrected chi connectivity index (χ3v) is 5.86. The van der Waals surface area contributed by atoms with E-state index < -0.39 is 23.7 Å². The first-order valence-electron chi connectivity index (χ1n) is 11.5. The number of hydrogen-bond acceptors (Lipinski definition) is 6. The normalized spacial score (nSPS) is 16.2. The molecule has 0 saturated carbocycles. The van der Waals surface area contributed by atoms with Crippen molar-refractivity contribution in [3.05, 3.63) is 46.7 Å². The number of carbonyl (C=O) groups is 3. The molecule has 0 saturated heterocycles. The minimum absolute atomic E-state index is 0.106. The van der Waals surface area contributed by atoms with Crippen LogP contribution in [0.15, 0.2) is 35.6 Å². The number of hydrogen-bond donors (Lipinski definition) is 1. The third kappa shape index (κ3) is 6.19. The number of carbonyl (C=O) groups excluding carboxylic acids is 3. The molecule has 1 aliphatic rings. The van der Waals surface area contributed by atoms with E-state index in [9.17, 15) is 19.5 Å². The van der Waals surface area contributed by atoms with Gasteiger partial charge in [-0.05, 0) is 63.5 Å². The molecule has 1 aromatic rings. The summed E-state index contributed by atoms with van der Waals surface area (Å²) in [5, 5.41) is 10.4. The Morgan fingerprint density at radius 1 is 1.03 bits per heavy atom. The van der Waals surface area contributed by atoms with E-state index in [1.54, 1.807) is 29.2 Å². The molecule has 0 spiro atoms. The lowest BCUT2D eigenvalue weighted by Crippen LogP contribution is -2.35. The van der Waals surface area contributed by atoms with Gasteiger partial charge in [-0.2, -0.15) is 0 Å². The number of rotatable bonds is 13. The highest BCUT2D eigenvalue weighted by molar-refractivity contribution is 6.08. The molecule has 1 N–H and O–H groups in total.